The van der Waals surface area contributed by atoms with E-state index in [0.717, 1.165) is 23.5 Å². The highest BCUT2D eigenvalue weighted by Crippen LogP contribution is 2.28. The summed E-state index contributed by atoms with van der Waals surface area (Å²) in [6, 6.07) is 7.51. The fourth-order valence-electron chi connectivity index (χ4n) is 1.91. The SMILES string of the molecule is COc1ccc(CCNc2ncc(Cl)cc2Cl)cc1OC. The van der Waals surface area contributed by atoms with Gasteiger partial charge in [0.25, 0.3) is 0 Å². The van der Waals surface area contributed by atoms with Gasteiger partial charge >= 0.3 is 0 Å². The van der Waals surface area contributed by atoms with Crippen LogP contribution < -0.4 is 14.8 Å². The van der Waals surface area contributed by atoms with E-state index in [1.807, 2.05) is 18.2 Å². The van der Waals surface area contributed by atoms with Crippen LogP contribution in [-0.2, 0) is 6.42 Å². The van der Waals surface area contributed by atoms with Crippen molar-refractivity contribution in [3.05, 3.63) is 46.1 Å². The summed E-state index contributed by atoms with van der Waals surface area (Å²) in [7, 11) is 3.24. The molecule has 0 saturated heterocycles. The lowest BCUT2D eigenvalue weighted by Crippen LogP contribution is -2.07. The number of aromatic nitrogens is 1. The normalized spacial score (nSPS) is 10.3. The number of rotatable bonds is 6. The van der Waals surface area contributed by atoms with Crippen molar-refractivity contribution in [2.75, 3.05) is 26.1 Å². The van der Waals surface area contributed by atoms with Gasteiger partial charge in [0.1, 0.15) is 5.82 Å². The number of ether oxygens (including phenoxy) is 2. The highest BCUT2D eigenvalue weighted by Gasteiger charge is 2.05. The predicted octanol–water partition coefficient (Wildman–Crippen LogP) is 4.06. The second-order valence-corrected chi connectivity index (χ2v) is 5.19. The van der Waals surface area contributed by atoms with E-state index < -0.39 is 0 Å². The largest absolute Gasteiger partial charge is 0.493 e. The van der Waals surface area contributed by atoms with Crippen LogP contribution in [0.25, 0.3) is 0 Å². The van der Waals surface area contributed by atoms with Crippen LogP contribution in [0.15, 0.2) is 30.5 Å². The Hall–Kier alpha value is -1.65. The Morgan fingerprint density at radius 1 is 1.10 bits per heavy atom. The molecule has 1 heterocycles. The van der Waals surface area contributed by atoms with Crippen molar-refractivity contribution in [2.24, 2.45) is 0 Å². The van der Waals surface area contributed by atoms with E-state index in [0.29, 0.717) is 22.4 Å². The number of hydrogen-bond donors (Lipinski definition) is 1. The maximum atomic E-state index is 6.05. The summed E-state index contributed by atoms with van der Waals surface area (Å²) in [5.41, 5.74) is 1.13. The van der Waals surface area contributed by atoms with Gasteiger partial charge in [-0.3, -0.25) is 0 Å². The Balaban J connectivity index is 1.97. The van der Waals surface area contributed by atoms with Crippen molar-refractivity contribution in [3.8, 4) is 11.5 Å². The minimum atomic E-state index is 0.509. The van der Waals surface area contributed by atoms with E-state index in [2.05, 4.69) is 10.3 Å². The van der Waals surface area contributed by atoms with Gasteiger partial charge in [-0.2, -0.15) is 0 Å². The summed E-state index contributed by atoms with van der Waals surface area (Å²) >= 11 is 11.9. The number of nitrogens with one attached hydrogen (secondary N) is 1. The number of nitrogens with zero attached hydrogens (tertiary/aromatic N) is 1. The van der Waals surface area contributed by atoms with Gasteiger partial charge in [-0.1, -0.05) is 29.3 Å². The first-order valence-corrected chi connectivity index (χ1v) is 7.15. The smallest absolute Gasteiger partial charge is 0.160 e. The number of pyridine rings is 1. The van der Waals surface area contributed by atoms with Crippen molar-refractivity contribution in [3.63, 3.8) is 0 Å². The topological polar surface area (TPSA) is 43.4 Å². The summed E-state index contributed by atoms with van der Waals surface area (Å²) in [5.74, 6) is 2.07. The summed E-state index contributed by atoms with van der Waals surface area (Å²) in [6.07, 6.45) is 2.37. The molecule has 2 rings (SSSR count). The number of benzene rings is 1. The van der Waals surface area contributed by atoms with E-state index in [1.54, 1.807) is 26.5 Å². The molecule has 4 nitrogen and oxygen atoms in total. The quantitative estimate of drug-likeness (QED) is 0.869. The zero-order valence-electron chi connectivity index (χ0n) is 11.8. The molecule has 1 aromatic carbocycles. The van der Waals surface area contributed by atoms with Crippen LogP contribution in [0, 0.1) is 0 Å². The Morgan fingerprint density at radius 3 is 2.52 bits per heavy atom. The lowest BCUT2D eigenvalue weighted by Gasteiger charge is -2.11. The Kier molecular flexibility index (Phi) is 5.53. The summed E-state index contributed by atoms with van der Waals surface area (Å²) in [6.45, 7) is 0.698. The standard InChI is InChI=1S/C15H16Cl2N2O2/c1-20-13-4-3-10(7-14(13)21-2)5-6-18-15-12(17)8-11(16)9-19-15/h3-4,7-9H,5-6H2,1-2H3,(H,18,19). The van der Waals surface area contributed by atoms with Crippen molar-refractivity contribution < 1.29 is 9.47 Å². The zero-order chi connectivity index (χ0) is 15.2. The third-order valence-corrected chi connectivity index (χ3v) is 3.46. The van der Waals surface area contributed by atoms with Crippen LogP contribution in [0.4, 0.5) is 5.82 Å². The summed E-state index contributed by atoms with van der Waals surface area (Å²) in [5, 5.41) is 4.21. The molecular formula is C15H16Cl2N2O2. The van der Waals surface area contributed by atoms with E-state index >= 15 is 0 Å². The maximum Gasteiger partial charge on any atom is 0.160 e. The molecule has 0 saturated carbocycles. The van der Waals surface area contributed by atoms with Crippen LogP contribution >= 0.6 is 23.2 Å². The summed E-state index contributed by atoms with van der Waals surface area (Å²) < 4.78 is 10.5. The maximum absolute atomic E-state index is 6.05. The summed E-state index contributed by atoms with van der Waals surface area (Å²) in [4.78, 5) is 4.15. The van der Waals surface area contributed by atoms with Gasteiger partial charge < -0.3 is 14.8 Å². The molecule has 0 radical (unpaired) electrons. The van der Waals surface area contributed by atoms with E-state index in [-0.39, 0.29) is 0 Å². The highest BCUT2D eigenvalue weighted by atomic mass is 35.5. The molecular weight excluding hydrogens is 311 g/mol. The number of hydrogen-bond acceptors (Lipinski definition) is 4. The lowest BCUT2D eigenvalue weighted by atomic mass is 10.1. The third kappa shape index (κ3) is 4.16. The van der Waals surface area contributed by atoms with Gasteiger partial charge in [-0.05, 0) is 30.2 Å². The second kappa shape index (κ2) is 7.38. The van der Waals surface area contributed by atoms with Crippen LogP contribution in [-0.4, -0.2) is 25.7 Å². The van der Waals surface area contributed by atoms with Crippen LogP contribution in [0.3, 0.4) is 0 Å². The van der Waals surface area contributed by atoms with Crippen molar-refractivity contribution in [2.45, 2.75) is 6.42 Å². The number of anilines is 1. The fraction of sp³-hybridized carbons (Fsp3) is 0.267. The van der Waals surface area contributed by atoms with Gasteiger partial charge in [0.2, 0.25) is 0 Å². The molecule has 0 unspecified atom stereocenters. The number of halogens is 2. The van der Waals surface area contributed by atoms with Gasteiger partial charge in [-0.15, -0.1) is 0 Å². The van der Waals surface area contributed by atoms with Crippen LogP contribution in [0.5, 0.6) is 11.5 Å². The van der Waals surface area contributed by atoms with Gasteiger partial charge in [0, 0.05) is 12.7 Å². The highest BCUT2D eigenvalue weighted by molar-refractivity contribution is 6.35. The second-order valence-electron chi connectivity index (χ2n) is 4.35. The first kappa shape index (κ1) is 15.7. The minimum Gasteiger partial charge on any atom is -0.493 e. The molecule has 0 aliphatic rings. The first-order chi connectivity index (χ1) is 10.1. The molecule has 21 heavy (non-hydrogen) atoms. The molecule has 0 fully saturated rings. The fourth-order valence-corrected chi connectivity index (χ4v) is 2.35. The molecule has 112 valence electrons. The molecule has 2 aromatic rings. The van der Waals surface area contributed by atoms with Crippen molar-refractivity contribution in [1.29, 1.82) is 0 Å². The molecule has 1 aromatic heterocycles. The Labute approximate surface area is 134 Å². The molecule has 0 spiro atoms. The van der Waals surface area contributed by atoms with Crippen molar-refractivity contribution >= 4 is 29.0 Å². The first-order valence-electron chi connectivity index (χ1n) is 6.40. The molecule has 0 amide bonds. The van der Waals surface area contributed by atoms with E-state index in [1.165, 1.54) is 0 Å². The predicted molar refractivity (Wildman–Crippen MR) is 86.0 cm³/mol. The number of methoxy groups -OCH3 is 2. The van der Waals surface area contributed by atoms with Crippen molar-refractivity contribution in [1.82, 2.24) is 4.98 Å². The van der Waals surface area contributed by atoms with Crippen LogP contribution in [0.1, 0.15) is 5.56 Å². The molecule has 0 aliphatic heterocycles. The Morgan fingerprint density at radius 2 is 1.86 bits per heavy atom. The van der Waals surface area contributed by atoms with Gasteiger partial charge in [-0.25, -0.2) is 4.98 Å². The zero-order valence-corrected chi connectivity index (χ0v) is 13.3. The average Bonchev–Trinajstić information content (AvgIpc) is 2.49. The molecule has 6 heteroatoms. The van der Waals surface area contributed by atoms with Crippen LogP contribution in [0.2, 0.25) is 10.0 Å². The molecule has 1 N–H and O–H groups in total. The van der Waals surface area contributed by atoms with Gasteiger partial charge in [0.15, 0.2) is 11.5 Å². The molecule has 0 bridgehead atoms. The molecule has 0 aliphatic carbocycles. The van der Waals surface area contributed by atoms with Gasteiger partial charge in [0.05, 0.1) is 24.3 Å². The molecule has 0 atom stereocenters. The monoisotopic (exact) mass is 326 g/mol. The van der Waals surface area contributed by atoms with E-state index in [4.69, 9.17) is 32.7 Å². The average molecular weight is 327 g/mol. The lowest BCUT2D eigenvalue weighted by molar-refractivity contribution is 0.354. The Bertz CT molecular complexity index is 621. The third-order valence-electron chi connectivity index (χ3n) is 2.96. The van der Waals surface area contributed by atoms with E-state index in [9.17, 15) is 0 Å². The minimum absolute atomic E-state index is 0.509.